The summed E-state index contributed by atoms with van der Waals surface area (Å²) in [5, 5.41) is 14.8. The number of benzene rings is 2. The summed E-state index contributed by atoms with van der Waals surface area (Å²) in [6, 6.07) is 13.7. The summed E-state index contributed by atoms with van der Waals surface area (Å²) in [6.07, 6.45) is 1.00. The Balaban J connectivity index is 1.63. The second-order valence-electron chi connectivity index (χ2n) is 8.82. The molecule has 1 aromatic heterocycles. The molecule has 4 rings (SSSR count). The van der Waals surface area contributed by atoms with Crippen LogP contribution in [0.2, 0.25) is 0 Å². The maximum Gasteiger partial charge on any atom is 0.323 e. The Morgan fingerprint density at radius 2 is 1.79 bits per heavy atom. The third-order valence-corrected chi connectivity index (χ3v) is 6.07. The minimum Gasteiger partial charge on any atom is -0.481 e. The van der Waals surface area contributed by atoms with Gasteiger partial charge in [-0.2, -0.15) is 0 Å². The third-order valence-electron chi connectivity index (χ3n) is 6.07. The van der Waals surface area contributed by atoms with E-state index >= 15 is 0 Å². The van der Waals surface area contributed by atoms with E-state index < -0.39 is 48.3 Å². The zero-order chi connectivity index (χ0) is 27.2. The van der Waals surface area contributed by atoms with E-state index in [1.54, 1.807) is 30.3 Å². The molecule has 2 unspecified atom stereocenters. The van der Waals surface area contributed by atoms with Crippen molar-refractivity contribution in [3.8, 4) is 0 Å². The lowest BCUT2D eigenvalue weighted by Gasteiger charge is -2.31. The number of aliphatic carboxylic acids is 1. The number of carbonyl (C=O) groups excluding carboxylic acids is 3. The van der Waals surface area contributed by atoms with Crippen molar-refractivity contribution in [2.45, 2.75) is 25.6 Å². The molecule has 0 spiro atoms. The fourth-order valence-electron chi connectivity index (χ4n) is 4.28. The van der Waals surface area contributed by atoms with Gasteiger partial charge in [0.15, 0.2) is 6.17 Å². The summed E-state index contributed by atoms with van der Waals surface area (Å²) in [5.74, 6) is -2.98. The average Bonchev–Trinajstić information content (AvgIpc) is 3.34. The van der Waals surface area contributed by atoms with Gasteiger partial charge in [0.05, 0.1) is 18.0 Å². The second-order valence-corrected chi connectivity index (χ2v) is 8.82. The van der Waals surface area contributed by atoms with Crippen LogP contribution in [0.4, 0.5) is 14.9 Å². The first kappa shape index (κ1) is 26.3. The number of rotatable bonds is 7. The maximum atomic E-state index is 13.6. The summed E-state index contributed by atoms with van der Waals surface area (Å²) < 4.78 is 13.5. The van der Waals surface area contributed by atoms with Gasteiger partial charge in [-0.05, 0) is 54.4 Å². The number of hydrogen-bond acceptors (Lipinski definition) is 5. The van der Waals surface area contributed by atoms with Crippen LogP contribution in [0.25, 0.3) is 0 Å². The van der Waals surface area contributed by atoms with E-state index in [0.29, 0.717) is 11.3 Å². The van der Waals surface area contributed by atoms with E-state index in [4.69, 9.17) is 0 Å². The Labute approximate surface area is 218 Å². The maximum absolute atomic E-state index is 13.6. The van der Waals surface area contributed by atoms with E-state index in [2.05, 4.69) is 15.6 Å². The SMILES string of the molecule is Cc1cccc(NC(=O)N2CCN(C(=O)c3cccnc3)C2C(=O)NC(CC(=O)O)c2ccc(F)cc2)c1. The van der Waals surface area contributed by atoms with Crippen molar-refractivity contribution >= 4 is 29.5 Å². The lowest BCUT2D eigenvalue weighted by molar-refractivity contribution is -0.138. The smallest absolute Gasteiger partial charge is 0.323 e. The highest BCUT2D eigenvalue weighted by molar-refractivity contribution is 6.00. The van der Waals surface area contributed by atoms with Gasteiger partial charge in [0.25, 0.3) is 11.8 Å². The molecule has 196 valence electrons. The summed E-state index contributed by atoms with van der Waals surface area (Å²) in [7, 11) is 0. The molecular weight excluding hydrogens is 493 g/mol. The summed E-state index contributed by atoms with van der Waals surface area (Å²) in [6.45, 7) is 1.99. The number of carboxylic acid groups (broad SMARTS) is 1. The number of carbonyl (C=O) groups is 4. The number of carboxylic acids is 1. The minimum absolute atomic E-state index is 0.0574. The molecule has 3 N–H and O–H groups in total. The molecule has 1 aliphatic rings. The number of nitrogens with zero attached hydrogens (tertiary/aromatic N) is 3. The van der Waals surface area contributed by atoms with Crippen LogP contribution in [0.5, 0.6) is 0 Å². The van der Waals surface area contributed by atoms with Gasteiger partial charge < -0.3 is 20.6 Å². The monoisotopic (exact) mass is 519 g/mol. The normalized spacial score (nSPS) is 15.6. The number of hydrogen-bond donors (Lipinski definition) is 3. The molecule has 4 amide bonds. The van der Waals surface area contributed by atoms with Gasteiger partial charge >= 0.3 is 12.0 Å². The predicted octanol–water partition coefficient (Wildman–Crippen LogP) is 3.18. The first-order valence-corrected chi connectivity index (χ1v) is 11.9. The molecule has 38 heavy (non-hydrogen) atoms. The Kier molecular flexibility index (Phi) is 7.95. The van der Waals surface area contributed by atoms with Crippen molar-refractivity contribution in [3.63, 3.8) is 0 Å². The van der Waals surface area contributed by atoms with Crippen molar-refractivity contribution in [1.29, 1.82) is 0 Å². The molecule has 1 fully saturated rings. The molecular formula is C27H26FN5O5. The molecule has 0 saturated carbocycles. The van der Waals surface area contributed by atoms with Crippen LogP contribution in [-0.4, -0.2) is 63.0 Å². The van der Waals surface area contributed by atoms with E-state index in [9.17, 15) is 28.7 Å². The van der Waals surface area contributed by atoms with E-state index in [1.165, 1.54) is 34.3 Å². The van der Waals surface area contributed by atoms with Crippen molar-refractivity contribution in [3.05, 3.63) is 95.6 Å². The molecule has 3 aromatic rings. The van der Waals surface area contributed by atoms with Gasteiger partial charge in [0.1, 0.15) is 5.82 Å². The molecule has 0 radical (unpaired) electrons. The van der Waals surface area contributed by atoms with E-state index in [-0.39, 0.29) is 18.7 Å². The van der Waals surface area contributed by atoms with Crippen LogP contribution in [0.3, 0.4) is 0 Å². The zero-order valence-corrected chi connectivity index (χ0v) is 20.5. The standard InChI is InChI=1S/C27H26FN5O5/c1-17-4-2-6-21(14-17)30-27(38)33-13-12-32(26(37)19-5-3-11-29-16-19)25(33)24(36)31-22(15-23(34)35)18-7-9-20(28)10-8-18/h2-11,14,16,22,25H,12-13,15H2,1H3,(H,30,38)(H,31,36)(H,34,35). The molecule has 2 heterocycles. The third kappa shape index (κ3) is 6.12. The summed E-state index contributed by atoms with van der Waals surface area (Å²) in [4.78, 5) is 58.2. The molecule has 1 aliphatic heterocycles. The van der Waals surface area contributed by atoms with Gasteiger partial charge in [0, 0.05) is 31.2 Å². The Morgan fingerprint density at radius 1 is 1.05 bits per heavy atom. The first-order chi connectivity index (χ1) is 18.2. The molecule has 2 atom stereocenters. The summed E-state index contributed by atoms with van der Waals surface area (Å²) in [5.41, 5.74) is 2.02. The van der Waals surface area contributed by atoms with Crippen molar-refractivity contribution in [2.75, 3.05) is 18.4 Å². The predicted molar refractivity (Wildman–Crippen MR) is 136 cm³/mol. The number of aromatic nitrogens is 1. The van der Waals surface area contributed by atoms with Crippen LogP contribution in [0.15, 0.2) is 73.1 Å². The first-order valence-electron chi connectivity index (χ1n) is 11.9. The number of pyridine rings is 1. The Hall–Kier alpha value is -4.80. The highest BCUT2D eigenvalue weighted by atomic mass is 19.1. The van der Waals surface area contributed by atoms with Crippen LogP contribution in [0.1, 0.15) is 33.9 Å². The lowest BCUT2D eigenvalue weighted by atomic mass is 10.0. The number of amides is 4. The molecule has 10 nitrogen and oxygen atoms in total. The van der Waals surface area contributed by atoms with Crippen molar-refractivity contribution < 1.29 is 28.7 Å². The Bertz CT molecular complexity index is 1340. The molecule has 1 saturated heterocycles. The van der Waals surface area contributed by atoms with Crippen LogP contribution in [0, 0.1) is 12.7 Å². The van der Waals surface area contributed by atoms with E-state index in [0.717, 1.165) is 17.7 Å². The van der Waals surface area contributed by atoms with Gasteiger partial charge in [-0.3, -0.25) is 24.3 Å². The van der Waals surface area contributed by atoms with Gasteiger partial charge in [-0.1, -0.05) is 24.3 Å². The average molecular weight is 520 g/mol. The molecule has 2 aromatic carbocycles. The Morgan fingerprint density at radius 3 is 2.45 bits per heavy atom. The number of aryl methyl sites for hydroxylation is 1. The van der Waals surface area contributed by atoms with Crippen molar-refractivity contribution in [2.24, 2.45) is 0 Å². The van der Waals surface area contributed by atoms with Crippen molar-refractivity contribution in [1.82, 2.24) is 20.1 Å². The zero-order valence-electron chi connectivity index (χ0n) is 20.5. The highest BCUT2D eigenvalue weighted by Gasteiger charge is 2.43. The quantitative estimate of drug-likeness (QED) is 0.439. The fourth-order valence-corrected chi connectivity index (χ4v) is 4.28. The largest absolute Gasteiger partial charge is 0.481 e. The molecule has 0 aliphatic carbocycles. The van der Waals surface area contributed by atoms with Gasteiger partial charge in [0.2, 0.25) is 0 Å². The second kappa shape index (κ2) is 11.5. The van der Waals surface area contributed by atoms with Crippen LogP contribution >= 0.6 is 0 Å². The topological polar surface area (TPSA) is 132 Å². The van der Waals surface area contributed by atoms with E-state index in [1.807, 2.05) is 13.0 Å². The van der Waals surface area contributed by atoms with Crippen LogP contribution in [-0.2, 0) is 9.59 Å². The lowest BCUT2D eigenvalue weighted by Crippen LogP contribution is -2.55. The van der Waals surface area contributed by atoms with Gasteiger partial charge in [-0.15, -0.1) is 0 Å². The number of anilines is 1. The summed E-state index contributed by atoms with van der Waals surface area (Å²) >= 11 is 0. The highest BCUT2D eigenvalue weighted by Crippen LogP contribution is 2.23. The number of urea groups is 1. The van der Waals surface area contributed by atoms with Gasteiger partial charge in [-0.25, -0.2) is 9.18 Å². The fraction of sp³-hybridized carbons (Fsp3) is 0.222. The van der Waals surface area contributed by atoms with Crippen LogP contribution < -0.4 is 10.6 Å². The number of halogens is 1. The minimum atomic E-state index is -1.37. The molecule has 11 heteroatoms. The number of nitrogens with one attached hydrogen (secondary N) is 2. The molecule has 0 bridgehead atoms.